The molecule has 0 spiro atoms. The van der Waals surface area contributed by atoms with Gasteiger partial charge in [-0.3, -0.25) is 4.40 Å². The normalized spacial score (nSPS) is 14.9. The van der Waals surface area contributed by atoms with Crippen LogP contribution in [0.25, 0.3) is 22.6 Å². The molecule has 0 amide bonds. The third-order valence-electron chi connectivity index (χ3n) is 6.95. The van der Waals surface area contributed by atoms with Gasteiger partial charge < -0.3 is 25.7 Å². The Hall–Kier alpha value is -4.24. The van der Waals surface area contributed by atoms with Gasteiger partial charge in [0.05, 0.1) is 24.2 Å². The molecule has 9 nitrogen and oxygen atoms in total. The molecule has 1 aliphatic heterocycles. The summed E-state index contributed by atoms with van der Waals surface area (Å²) in [5, 5.41) is 13.9. The van der Waals surface area contributed by atoms with Crippen molar-refractivity contribution >= 4 is 23.3 Å². The van der Waals surface area contributed by atoms with Gasteiger partial charge in [0.2, 0.25) is 0 Å². The standard InChI is InChI=1S/C29H34N8O/c1-31-17-24(15-30)23-5-3-21(4-6-23)16-32-28-14-26(34-20-35-28)27-18-33-29-13-25(9-12-37(27)29)38-19-22-7-10-36(2)11-8-22/h3-6,9,12-15,17-18,20,22,30-31H,7-8,10-11,16,19H2,1-2H3,(H,32,34,35)/b24-17+,30-15?. The van der Waals surface area contributed by atoms with Crippen LogP contribution in [0.4, 0.5) is 5.82 Å². The third-order valence-corrected chi connectivity index (χ3v) is 6.95. The Balaban J connectivity index is 1.23. The summed E-state index contributed by atoms with van der Waals surface area (Å²) >= 11 is 0. The number of anilines is 1. The van der Waals surface area contributed by atoms with Gasteiger partial charge >= 0.3 is 0 Å². The van der Waals surface area contributed by atoms with Crippen molar-refractivity contribution in [3.8, 4) is 17.1 Å². The van der Waals surface area contributed by atoms with Crippen LogP contribution >= 0.6 is 0 Å². The lowest BCUT2D eigenvalue weighted by molar-refractivity contribution is 0.160. The molecule has 0 saturated carbocycles. The molecule has 0 unspecified atom stereocenters. The van der Waals surface area contributed by atoms with Crippen molar-refractivity contribution in [2.75, 3.05) is 39.1 Å². The number of allylic oxidation sites excluding steroid dienone is 1. The monoisotopic (exact) mass is 510 g/mol. The summed E-state index contributed by atoms with van der Waals surface area (Å²) < 4.78 is 8.13. The van der Waals surface area contributed by atoms with E-state index < -0.39 is 0 Å². The summed E-state index contributed by atoms with van der Waals surface area (Å²) in [5.41, 5.74) is 5.45. The van der Waals surface area contributed by atoms with Crippen LogP contribution in [0.15, 0.2) is 67.4 Å². The van der Waals surface area contributed by atoms with E-state index in [0.29, 0.717) is 12.5 Å². The number of nitrogens with one attached hydrogen (secondary N) is 3. The van der Waals surface area contributed by atoms with Crippen LogP contribution in [0.2, 0.25) is 0 Å². The number of nitrogens with zero attached hydrogens (tertiary/aromatic N) is 5. The molecule has 9 heteroatoms. The average molecular weight is 511 g/mol. The number of hydrogen-bond donors (Lipinski definition) is 3. The zero-order valence-electron chi connectivity index (χ0n) is 21.9. The number of ether oxygens (including phenoxy) is 1. The smallest absolute Gasteiger partial charge is 0.140 e. The predicted octanol–water partition coefficient (Wildman–Crippen LogP) is 4.33. The topological polar surface area (TPSA) is 103 Å². The molecule has 3 N–H and O–H groups in total. The van der Waals surface area contributed by atoms with Gasteiger partial charge in [-0.15, -0.1) is 0 Å². The minimum atomic E-state index is 0.608. The number of benzene rings is 1. The van der Waals surface area contributed by atoms with E-state index in [1.807, 2.05) is 72.5 Å². The van der Waals surface area contributed by atoms with Gasteiger partial charge in [-0.25, -0.2) is 15.0 Å². The second kappa shape index (κ2) is 11.9. The molecule has 1 aromatic carbocycles. The average Bonchev–Trinajstić information content (AvgIpc) is 3.38. The van der Waals surface area contributed by atoms with Crippen molar-refractivity contribution in [1.82, 2.24) is 29.6 Å². The first-order valence-corrected chi connectivity index (χ1v) is 12.9. The second-order valence-corrected chi connectivity index (χ2v) is 9.66. The number of pyridine rings is 1. The van der Waals surface area contributed by atoms with Gasteiger partial charge in [0.15, 0.2) is 0 Å². The van der Waals surface area contributed by atoms with Gasteiger partial charge in [-0.05, 0) is 56.1 Å². The second-order valence-electron chi connectivity index (χ2n) is 9.66. The number of likely N-dealkylation sites (tertiary alicyclic amines) is 1. The lowest BCUT2D eigenvalue weighted by atomic mass is 9.98. The van der Waals surface area contributed by atoms with E-state index in [0.717, 1.165) is 65.0 Å². The third kappa shape index (κ3) is 6.00. The van der Waals surface area contributed by atoms with Gasteiger partial charge in [0.25, 0.3) is 0 Å². The SMILES string of the molecule is CN/C=C(\C=N)c1ccc(CNc2cc(-c3cnc4cc(OCC5CCN(C)CC5)ccn34)ncn2)cc1. The number of imidazole rings is 1. The van der Waals surface area contributed by atoms with Crippen molar-refractivity contribution in [1.29, 1.82) is 5.41 Å². The molecule has 38 heavy (non-hydrogen) atoms. The lowest BCUT2D eigenvalue weighted by Crippen LogP contribution is -2.32. The van der Waals surface area contributed by atoms with Crippen LogP contribution in [0.3, 0.4) is 0 Å². The van der Waals surface area contributed by atoms with E-state index in [1.165, 1.54) is 19.1 Å². The number of aromatic nitrogens is 4. The Morgan fingerprint density at radius 3 is 2.68 bits per heavy atom. The summed E-state index contributed by atoms with van der Waals surface area (Å²) in [5.74, 6) is 2.19. The fraction of sp³-hybridized carbons (Fsp3) is 0.310. The molecule has 1 aliphatic rings. The van der Waals surface area contributed by atoms with E-state index >= 15 is 0 Å². The minimum absolute atomic E-state index is 0.608. The molecule has 5 rings (SSSR count). The summed E-state index contributed by atoms with van der Waals surface area (Å²) in [6.45, 7) is 3.65. The molecular weight excluding hydrogens is 476 g/mol. The molecular formula is C29H34N8O. The highest BCUT2D eigenvalue weighted by molar-refractivity contribution is 6.08. The fourth-order valence-electron chi connectivity index (χ4n) is 4.65. The van der Waals surface area contributed by atoms with E-state index in [2.05, 4.69) is 37.5 Å². The highest BCUT2D eigenvalue weighted by Gasteiger charge is 2.17. The summed E-state index contributed by atoms with van der Waals surface area (Å²) in [4.78, 5) is 15.9. The first kappa shape index (κ1) is 25.4. The molecule has 1 saturated heterocycles. The van der Waals surface area contributed by atoms with Gasteiger partial charge in [0.1, 0.15) is 23.5 Å². The highest BCUT2D eigenvalue weighted by atomic mass is 16.5. The number of rotatable bonds is 10. The molecule has 0 atom stereocenters. The van der Waals surface area contributed by atoms with E-state index in [9.17, 15) is 0 Å². The Morgan fingerprint density at radius 1 is 1.11 bits per heavy atom. The fourth-order valence-corrected chi connectivity index (χ4v) is 4.65. The zero-order chi connectivity index (χ0) is 26.3. The molecule has 0 bridgehead atoms. The Labute approximate surface area is 223 Å². The maximum atomic E-state index is 7.58. The maximum absolute atomic E-state index is 7.58. The van der Waals surface area contributed by atoms with E-state index in [4.69, 9.17) is 10.1 Å². The van der Waals surface area contributed by atoms with E-state index in [-0.39, 0.29) is 0 Å². The maximum Gasteiger partial charge on any atom is 0.140 e. The van der Waals surface area contributed by atoms with Crippen molar-refractivity contribution in [3.05, 3.63) is 78.5 Å². The van der Waals surface area contributed by atoms with Crippen LogP contribution in [0.5, 0.6) is 5.75 Å². The van der Waals surface area contributed by atoms with E-state index in [1.54, 1.807) is 6.33 Å². The molecule has 1 fully saturated rings. The van der Waals surface area contributed by atoms with Crippen molar-refractivity contribution in [3.63, 3.8) is 0 Å². The molecule has 0 aliphatic carbocycles. The Kier molecular flexibility index (Phi) is 7.94. The zero-order valence-corrected chi connectivity index (χ0v) is 21.9. The van der Waals surface area contributed by atoms with Crippen LogP contribution < -0.4 is 15.4 Å². The van der Waals surface area contributed by atoms with Crippen molar-refractivity contribution in [2.24, 2.45) is 5.92 Å². The Bertz CT molecular complexity index is 1400. The first-order valence-electron chi connectivity index (χ1n) is 12.9. The van der Waals surface area contributed by atoms with Crippen LogP contribution in [0.1, 0.15) is 24.0 Å². The summed E-state index contributed by atoms with van der Waals surface area (Å²) in [6.07, 6.45) is 10.9. The van der Waals surface area contributed by atoms with Crippen LogP contribution in [-0.4, -0.2) is 64.3 Å². The molecule has 196 valence electrons. The van der Waals surface area contributed by atoms with Crippen LogP contribution in [0, 0.1) is 11.3 Å². The predicted molar refractivity (Wildman–Crippen MR) is 152 cm³/mol. The van der Waals surface area contributed by atoms with Crippen molar-refractivity contribution < 1.29 is 4.74 Å². The summed E-state index contributed by atoms with van der Waals surface area (Å²) in [6, 6.07) is 14.0. The van der Waals surface area contributed by atoms with Gasteiger partial charge in [-0.2, -0.15) is 0 Å². The lowest BCUT2D eigenvalue weighted by Gasteiger charge is -2.28. The highest BCUT2D eigenvalue weighted by Crippen LogP contribution is 2.24. The number of piperidine rings is 1. The largest absolute Gasteiger partial charge is 0.493 e. The quantitative estimate of drug-likeness (QED) is 0.273. The Morgan fingerprint density at radius 2 is 1.92 bits per heavy atom. The minimum Gasteiger partial charge on any atom is -0.493 e. The molecule has 3 aromatic heterocycles. The van der Waals surface area contributed by atoms with Gasteiger partial charge in [0, 0.05) is 49.9 Å². The summed E-state index contributed by atoms with van der Waals surface area (Å²) in [7, 11) is 4.00. The molecule has 0 radical (unpaired) electrons. The first-order chi connectivity index (χ1) is 18.6. The van der Waals surface area contributed by atoms with Crippen LogP contribution in [-0.2, 0) is 6.54 Å². The number of fused-ring (bicyclic) bond motifs is 1. The number of hydrogen-bond acceptors (Lipinski definition) is 8. The molecule has 4 heterocycles. The molecule has 4 aromatic rings. The van der Waals surface area contributed by atoms with Crippen molar-refractivity contribution in [2.45, 2.75) is 19.4 Å². The van der Waals surface area contributed by atoms with Gasteiger partial charge in [-0.1, -0.05) is 24.3 Å².